The maximum absolute atomic E-state index is 12.3. The van der Waals surface area contributed by atoms with Crippen LogP contribution in [0.25, 0.3) is 0 Å². The van der Waals surface area contributed by atoms with Gasteiger partial charge in [0.1, 0.15) is 6.61 Å². The van der Waals surface area contributed by atoms with Crippen molar-refractivity contribution in [3.8, 4) is 0 Å². The lowest BCUT2D eigenvalue weighted by molar-refractivity contribution is -0.121. The number of carbonyl (C=O) groups is 3. The number of hydrogen-bond acceptors (Lipinski definition) is 6. The first-order valence-corrected chi connectivity index (χ1v) is 9.24. The van der Waals surface area contributed by atoms with Crippen LogP contribution in [0.2, 0.25) is 0 Å². The second-order valence-corrected chi connectivity index (χ2v) is 6.47. The van der Waals surface area contributed by atoms with Crippen LogP contribution in [0, 0.1) is 0 Å². The summed E-state index contributed by atoms with van der Waals surface area (Å²) in [6.45, 7) is 0.694. The molecule has 0 aliphatic rings. The zero-order valence-electron chi connectivity index (χ0n) is 16.6. The number of nitrogens with two attached hydrogens (primary N) is 1. The predicted molar refractivity (Wildman–Crippen MR) is 111 cm³/mol. The van der Waals surface area contributed by atoms with E-state index in [1.807, 2.05) is 0 Å². The largest absolute Gasteiger partial charge is 0.478 e. The van der Waals surface area contributed by atoms with Gasteiger partial charge in [-0.1, -0.05) is 12.1 Å². The predicted octanol–water partition coefficient (Wildman–Crippen LogP) is 1.49. The number of methoxy groups -OCH3 is 1. The Labute approximate surface area is 174 Å². The molecule has 0 bridgehead atoms. The molecule has 0 saturated carbocycles. The Morgan fingerprint density at radius 1 is 0.967 bits per heavy atom. The standard InChI is InChI=1S/C21H25N3O6/c1-29-10-11-30-13-19(25)23-16-6-2-14(3-7-16)12-18(22)20(26)24-17-8-4-15(5-9-17)21(27)28/h2-9,18H,10-13,22H2,1H3,(H,23,25)(H,24,26)(H,27,28)/t18-/m0/s1. The molecule has 0 aliphatic carbocycles. The third-order valence-electron chi connectivity index (χ3n) is 4.09. The molecule has 1 atom stereocenters. The average molecular weight is 415 g/mol. The van der Waals surface area contributed by atoms with Crippen molar-refractivity contribution in [2.45, 2.75) is 12.5 Å². The lowest BCUT2D eigenvalue weighted by atomic mass is 10.1. The Morgan fingerprint density at radius 3 is 2.17 bits per heavy atom. The molecule has 0 heterocycles. The number of aromatic carboxylic acids is 1. The fourth-order valence-electron chi connectivity index (χ4n) is 2.51. The van der Waals surface area contributed by atoms with Crippen LogP contribution < -0.4 is 16.4 Å². The summed E-state index contributed by atoms with van der Waals surface area (Å²) in [5, 5.41) is 14.3. The van der Waals surface area contributed by atoms with Gasteiger partial charge >= 0.3 is 5.97 Å². The number of rotatable bonds is 11. The normalized spacial score (nSPS) is 11.5. The zero-order valence-corrected chi connectivity index (χ0v) is 16.6. The number of anilines is 2. The van der Waals surface area contributed by atoms with Crippen molar-refractivity contribution in [2.75, 3.05) is 37.6 Å². The Hall–Kier alpha value is -3.27. The Balaban J connectivity index is 1.81. The number of carboxylic acids is 1. The summed E-state index contributed by atoms with van der Waals surface area (Å²) in [5.74, 6) is -1.70. The highest BCUT2D eigenvalue weighted by Crippen LogP contribution is 2.13. The molecule has 0 radical (unpaired) electrons. The number of carbonyl (C=O) groups excluding carboxylic acids is 2. The summed E-state index contributed by atoms with van der Waals surface area (Å²) in [5.41, 5.74) is 8.00. The van der Waals surface area contributed by atoms with E-state index in [0.717, 1.165) is 5.56 Å². The van der Waals surface area contributed by atoms with Crippen LogP contribution in [0.1, 0.15) is 15.9 Å². The van der Waals surface area contributed by atoms with Gasteiger partial charge in [-0.15, -0.1) is 0 Å². The highest BCUT2D eigenvalue weighted by atomic mass is 16.5. The van der Waals surface area contributed by atoms with Gasteiger partial charge in [-0.25, -0.2) is 4.79 Å². The second-order valence-electron chi connectivity index (χ2n) is 6.47. The van der Waals surface area contributed by atoms with Gasteiger partial charge in [0.2, 0.25) is 11.8 Å². The van der Waals surface area contributed by atoms with Crippen molar-refractivity contribution in [3.05, 3.63) is 59.7 Å². The summed E-state index contributed by atoms with van der Waals surface area (Å²) in [6.07, 6.45) is 0.299. The molecule has 2 aromatic carbocycles. The molecule has 160 valence electrons. The van der Waals surface area contributed by atoms with Gasteiger partial charge in [0, 0.05) is 18.5 Å². The van der Waals surface area contributed by atoms with E-state index in [9.17, 15) is 14.4 Å². The summed E-state index contributed by atoms with van der Waals surface area (Å²) in [4.78, 5) is 34.9. The molecule has 0 spiro atoms. The van der Waals surface area contributed by atoms with E-state index < -0.39 is 12.0 Å². The van der Waals surface area contributed by atoms with Crippen molar-refractivity contribution >= 4 is 29.2 Å². The smallest absolute Gasteiger partial charge is 0.335 e. The van der Waals surface area contributed by atoms with Crippen LogP contribution in [-0.2, 0) is 25.5 Å². The summed E-state index contributed by atoms with van der Waals surface area (Å²) < 4.78 is 9.98. The number of nitrogens with one attached hydrogen (secondary N) is 2. The van der Waals surface area contributed by atoms with Crippen LogP contribution >= 0.6 is 0 Å². The Bertz CT molecular complexity index is 852. The molecule has 2 aromatic rings. The quantitative estimate of drug-likeness (QED) is 0.408. The van der Waals surface area contributed by atoms with Gasteiger partial charge < -0.3 is 30.9 Å². The van der Waals surface area contributed by atoms with E-state index >= 15 is 0 Å². The minimum absolute atomic E-state index is 0.0659. The maximum Gasteiger partial charge on any atom is 0.335 e. The minimum atomic E-state index is -1.04. The fourth-order valence-corrected chi connectivity index (χ4v) is 2.51. The van der Waals surface area contributed by atoms with Gasteiger partial charge in [0.25, 0.3) is 0 Å². The SMILES string of the molecule is COCCOCC(=O)Nc1ccc(C[C@H](N)C(=O)Nc2ccc(C(=O)O)cc2)cc1. The number of amides is 2. The third-order valence-corrected chi connectivity index (χ3v) is 4.09. The van der Waals surface area contributed by atoms with Crippen molar-refractivity contribution in [1.29, 1.82) is 0 Å². The zero-order chi connectivity index (χ0) is 21.9. The van der Waals surface area contributed by atoms with Crippen LogP contribution in [0.4, 0.5) is 11.4 Å². The van der Waals surface area contributed by atoms with E-state index in [1.165, 1.54) is 24.3 Å². The first-order chi connectivity index (χ1) is 14.4. The van der Waals surface area contributed by atoms with Gasteiger partial charge in [-0.2, -0.15) is 0 Å². The number of benzene rings is 2. The van der Waals surface area contributed by atoms with E-state index in [1.54, 1.807) is 31.4 Å². The first-order valence-electron chi connectivity index (χ1n) is 9.24. The summed E-state index contributed by atoms with van der Waals surface area (Å²) in [7, 11) is 1.55. The molecular formula is C21H25N3O6. The summed E-state index contributed by atoms with van der Waals surface area (Å²) >= 11 is 0. The monoisotopic (exact) mass is 415 g/mol. The van der Waals surface area contributed by atoms with E-state index in [4.69, 9.17) is 20.3 Å². The van der Waals surface area contributed by atoms with Gasteiger partial charge in [-0.05, 0) is 48.4 Å². The first kappa shape index (κ1) is 23.0. The molecule has 0 fully saturated rings. The van der Waals surface area contributed by atoms with E-state index in [2.05, 4.69) is 10.6 Å². The molecule has 0 aromatic heterocycles. The fraction of sp³-hybridized carbons (Fsp3) is 0.286. The molecule has 9 heteroatoms. The van der Waals surface area contributed by atoms with Crippen LogP contribution in [0.3, 0.4) is 0 Å². The average Bonchev–Trinajstić information content (AvgIpc) is 2.73. The van der Waals surface area contributed by atoms with Gasteiger partial charge in [0.15, 0.2) is 0 Å². The molecule has 5 N–H and O–H groups in total. The minimum Gasteiger partial charge on any atom is -0.478 e. The highest BCUT2D eigenvalue weighted by molar-refractivity contribution is 5.95. The van der Waals surface area contributed by atoms with Crippen LogP contribution in [-0.4, -0.2) is 55.9 Å². The van der Waals surface area contributed by atoms with Crippen LogP contribution in [0.15, 0.2) is 48.5 Å². The van der Waals surface area contributed by atoms with Crippen molar-refractivity contribution in [1.82, 2.24) is 0 Å². The number of ether oxygens (including phenoxy) is 2. The molecule has 30 heavy (non-hydrogen) atoms. The molecule has 0 saturated heterocycles. The molecule has 9 nitrogen and oxygen atoms in total. The number of hydrogen-bond donors (Lipinski definition) is 4. The third kappa shape index (κ3) is 7.63. The van der Waals surface area contributed by atoms with Crippen molar-refractivity contribution in [2.24, 2.45) is 5.73 Å². The highest BCUT2D eigenvalue weighted by Gasteiger charge is 2.15. The molecule has 2 amide bonds. The molecule has 0 unspecified atom stereocenters. The van der Waals surface area contributed by atoms with Crippen LogP contribution in [0.5, 0.6) is 0 Å². The van der Waals surface area contributed by atoms with Crippen molar-refractivity contribution in [3.63, 3.8) is 0 Å². The topological polar surface area (TPSA) is 140 Å². The van der Waals surface area contributed by atoms with Gasteiger partial charge in [-0.3, -0.25) is 9.59 Å². The molecular weight excluding hydrogens is 390 g/mol. The van der Waals surface area contributed by atoms with E-state index in [-0.39, 0.29) is 24.0 Å². The van der Waals surface area contributed by atoms with Gasteiger partial charge in [0.05, 0.1) is 24.8 Å². The lowest BCUT2D eigenvalue weighted by Gasteiger charge is -2.13. The molecule has 2 rings (SSSR count). The second kappa shape index (κ2) is 11.7. The lowest BCUT2D eigenvalue weighted by Crippen LogP contribution is -2.37. The molecule has 0 aliphatic heterocycles. The van der Waals surface area contributed by atoms with E-state index in [0.29, 0.717) is 31.0 Å². The Morgan fingerprint density at radius 2 is 1.57 bits per heavy atom. The maximum atomic E-state index is 12.3. The van der Waals surface area contributed by atoms with Crippen molar-refractivity contribution < 1.29 is 29.0 Å². The Kier molecular flexibility index (Phi) is 8.95. The summed E-state index contributed by atoms with van der Waals surface area (Å²) in [6, 6.07) is 12.0. The number of carboxylic acid groups (broad SMARTS) is 1.